The Bertz CT molecular complexity index is 757. The summed E-state index contributed by atoms with van der Waals surface area (Å²) in [6.07, 6.45) is 1.78. The summed E-state index contributed by atoms with van der Waals surface area (Å²) in [6, 6.07) is 10.9. The van der Waals surface area contributed by atoms with Crippen LogP contribution in [0.5, 0.6) is 5.75 Å². The van der Waals surface area contributed by atoms with Crippen molar-refractivity contribution in [1.82, 2.24) is 4.90 Å². The highest BCUT2D eigenvalue weighted by molar-refractivity contribution is 6.00. The van der Waals surface area contributed by atoms with E-state index in [1.54, 1.807) is 48.5 Å². The zero-order chi connectivity index (χ0) is 19.2. The van der Waals surface area contributed by atoms with E-state index in [4.69, 9.17) is 13.9 Å². The first-order valence-corrected chi connectivity index (χ1v) is 8.87. The lowest BCUT2D eigenvalue weighted by Crippen LogP contribution is -2.39. The first-order valence-electron chi connectivity index (χ1n) is 8.87. The second-order valence-electron chi connectivity index (χ2n) is 6.44. The van der Waals surface area contributed by atoms with E-state index < -0.39 is 0 Å². The molecule has 0 radical (unpaired) electrons. The molecular formula is C20H24N2O5. The second-order valence-corrected chi connectivity index (χ2v) is 6.44. The Labute approximate surface area is 158 Å². The maximum atomic E-state index is 13.0. The number of methoxy groups -OCH3 is 2. The van der Waals surface area contributed by atoms with Crippen molar-refractivity contribution in [1.29, 1.82) is 0 Å². The third-order valence-electron chi connectivity index (χ3n) is 4.66. The van der Waals surface area contributed by atoms with E-state index in [0.29, 0.717) is 32.0 Å². The van der Waals surface area contributed by atoms with Crippen molar-refractivity contribution in [3.63, 3.8) is 0 Å². The Hall–Kier alpha value is -2.80. The van der Waals surface area contributed by atoms with Crippen LogP contribution in [-0.4, -0.2) is 50.6 Å². The summed E-state index contributed by atoms with van der Waals surface area (Å²) in [6.45, 7) is 1.60. The lowest BCUT2D eigenvalue weighted by molar-refractivity contribution is -0.137. The molecule has 1 fully saturated rings. The third-order valence-corrected chi connectivity index (χ3v) is 4.66. The molecule has 3 rings (SSSR count). The Kier molecular flexibility index (Phi) is 6.13. The minimum atomic E-state index is -0.383. The van der Waals surface area contributed by atoms with Crippen LogP contribution in [0.4, 0.5) is 5.69 Å². The third kappa shape index (κ3) is 4.49. The van der Waals surface area contributed by atoms with Gasteiger partial charge in [-0.2, -0.15) is 0 Å². The first kappa shape index (κ1) is 19.0. The molecule has 2 heterocycles. The number of nitrogens with zero attached hydrogens (tertiary/aromatic N) is 2. The molecule has 2 aromatic rings. The van der Waals surface area contributed by atoms with Gasteiger partial charge in [-0.05, 0) is 36.4 Å². The quantitative estimate of drug-likeness (QED) is 0.711. The molecule has 0 N–H and O–H groups in total. The maximum absolute atomic E-state index is 13.0. The van der Waals surface area contributed by atoms with Gasteiger partial charge in [0.05, 0.1) is 32.4 Å². The lowest BCUT2D eigenvalue weighted by atomic mass is 10.1. The van der Waals surface area contributed by atoms with Crippen LogP contribution in [-0.2, 0) is 20.9 Å². The minimum Gasteiger partial charge on any atom is -0.497 e. The van der Waals surface area contributed by atoms with Gasteiger partial charge in [0.2, 0.25) is 11.8 Å². The molecule has 1 unspecified atom stereocenters. The monoisotopic (exact) mass is 372 g/mol. The number of rotatable bonds is 8. The zero-order valence-electron chi connectivity index (χ0n) is 15.6. The molecule has 27 heavy (non-hydrogen) atoms. The van der Waals surface area contributed by atoms with Crippen molar-refractivity contribution in [2.24, 2.45) is 5.92 Å². The molecule has 1 saturated heterocycles. The SMILES string of the molecule is COCCN(Cc1ccco1)C(=O)C1CC(=O)N(c2ccc(OC)cc2)C1. The molecule has 0 bridgehead atoms. The average Bonchev–Trinajstić information content (AvgIpc) is 3.34. The molecule has 2 amide bonds. The summed E-state index contributed by atoms with van der Waals surface area (Å²) in [5.74, 6) is 0.931. The summed E-state index contributed by atoms with van der Waals surface area (Å²) in [5.41, 5.74) is 0.769. The van der Waals surface area contributed by atoms with Crippen molar-refractivity contribution in [2.75, 3.05) is 38.8 Å². The summed E-state index contributed by atoms with van der Waals surface area (Å²) >= 11 is 0. The van der Waals surface area contributed by atoms with Crippen LogP contribution in [0.15, 0.2) is 47.1 Å². The molecule has 0 saturated carbocycles. The molecule has 1 aromatic heterocycles. The Balaban J connectivity index is 1.69. The molecule has 1 aliphatic heterocycles. The van der Waals surface area contributed by atoms with Crippen molar-refractivity contribution in [3.8, 4) is 5.75 Å². The molecular weight excluding hydrogens is 348 g/mol. The fourth-order valence-corrected chi connectivity index (χ4v) is 3.20. The highest BCUT2D eigenvalue weighted by Gasteiger charge is 2.37. The van der Waals surface area contributed by atoms with Gasteiger partial charge in [0.15, 0.2) is 0 Å². The number of hydrogen-bond donors (Lipinski definition) is 0. The van der Waals surface area contributed by atoms with E-state index in [-0.39, 0.29) is 24.2 Å². The lowest BCUT2D eigenvalue weighted by Gasteiger charge is -2.24. The fourth-order valence-electron chi connectivity index (χ4n) is 3.20. The van der Waals surface area contributed by atoms with E-state index in [1.165, 1.54) is 0 Å². The van der Waals surface area contributed by atoms with Crippen molar-refractivity contribution < 1.29 is 23.5 Å². The Morgan fingerprint density at radius 1 is 1.26 bits per heavy atom. The predicted octanol–water partition coefficient (Wildman–Crippen LogP) is 2.32. The smallest absolute Gasteiger partial charge is 0.228 e. The van der Waals surface area contributed by atoms with Crippen LogP contribution in [0, 0.1) is 5.92 Å². The minimum absolute atomic E-state index is 0.0526. The number of benzene rings is 1. The number of carbonyl (C=O) groups excluding carboxylic acids is 2. The van der Waals surface area contributed by atoms with E-state index in [0.717, 1.165) is 11.4 Å². The number of amides is 2. The van der Waals surface area contributed by atoms with Gasteiger partial charge in [0.1, 0.15) is 11.5 Å². The van der Waals surface area contributed by atoms with Crippen LogP contribution in [0.25, 0.3) is 0 Å². The summed E-state index contributed by atoms with van der Waals surface area (Å²) in [4.78, 5) is 28.9. The molecule has 7 nitrogen and oxygen atoms in total. The first-order chi connectivity index (χ1) is 13.1. The normalized spacial score (nSPS) is 16.6. The largest absolute Gasteiger partial charge is 0.497 e. The summed E-state index contributed by atoms with van der Waals surface area (Å²) < 4.78 is 15.6. The molecule has 1 atom stereocenters. The number of furan rings is 1. The molecule has 144 valence electrons. The van der Waals surface area contributed by atoms with E-state index in [9.17, 15) is 9.59 Å². The molecule has 1 aliphatic rings. The van der Waals surface area contributed by atoms with Gasteiger partial charge in [-0.1, -0.05) is 0 Å². The van der Waals surface area contributed by atoms with Crippen LogP contribution in [0.3, 0.4) is 0 Å². The molecule has 0 spiro atoms. The van der Waals surface area contributed by atoms with Gasteiger partial charge in [-0.25, -0.2) is 0 Å². The number of ether oxygens (including phenoxy) is 2. The zero-order valence-corrected chi connectivity index (χ0v) is 15.6. The number of hydrogen-bond acceptors (Lipinski definition) is 5. The highest BCUT2D eigenvalue weighted by Crippen LogP contribution is 2.28. The standard InChI is InChI=1S/C20H24N2O5/c1-25-11-9-21(14-18-4-3-10-27-18)20(24)15-12-19(23)22(13-15)16-5-7-17(26-2)8-6-16/h3-8,10,15H,9,11-14H2,1-2H3. The van der Waals surface area contributed by atoms with E-state index >= 15 is 0 Å². The van der Waals surface area contributed by atoms with Gasteiger partial charge in [0, 0.05) is 32.3 Å². The van der Waals surface area contributed by atoms with Crippen molar-refractivity contribution in [2.45, 2.75) is 13.0 Å². The summed E-state index contributed by atoms with van der Waals surface area (Å²) in [5, 5.41) is 0. The van der Waals surface area contributed by atoms with Gasteiger partial charge >= 0.3 is 0 Å². The topological polar surface area (TPSA) is 72.2 Å². The predicted molar refractivity (Wildman–Crippen MR) is 99.5 cm³/mol. The van der Waals surface area contributed by atoms with E-state index in [2.05, 4.69) is 0 Å². The maximum Gasteiger partial charge on any atom is 0.228 e. The van der Waals surface area contributed by atoms with Gasteiger partial charge in [0.25, 0.3) is 0 Å². The average molecular weight is 372 g/mol. The second kappa shape index (κ2) is 8.73. The van der Waals surface area contributed by atoms with E-state index in [1.807, 2.05) is 18.2 Å². The molecule has 7 heteroatoms. The highest BCUT2D eigenvalue weighted by atomic mass is 16.5. The summed E-state index contributed by atoms with van der Waals surface area (Å²) in [7, 11) is 3.19. The van der Waals surface area contributed by atoms with Crippen LogP contribution in [0.1, 0.15) is 12.2 Å². The number of anilines is 1. The molecule has 1 aromatic carbocycles. The van der Waals surface area contributed by atoms with Gasteiger partial charge in [-0.3, -0.25) is 9.59 Å². The van der Waals surface area contributed by atoms with Gasteiger partial charge in [-0.15, -0.1) is 0 Å². The van der Waals surface area contributed by atoms with Crippen molar-refractivity contribution in [3.05, 3.63) is 48.4 Å². The Morgan fingerprint density at radius 3 is 2.67 bits per heavy atom. The molecule has 0 aliphatic carbocycles. The van der Waals surface area contributed by atoms with Gasteiger partial charge < -0.3 is 23.7 Å². The van der Waals surface area contributed by atoms with Crippen molar-refractivity contribution >= 4 is 17.5 Å². The van der Waals surface area contributed by atoms with Crippen LogP contribution in [0.2, 0.25) is 0 Å². The van der Waals surface area contributed by atoms with Crippen LogP contribution >= 0.6 is 0 Å². The Morgan fingerprint density at radius 2 is 2.04 bits per heavy atom. The number of carbonyl (C=O) groups is 2. The van der Waals surface area contributed by atoms with Crippen LogP contribution < -0.4 is 9.64 Å². The fraction of sp³-hybridized carbons (Fsp3) is 0.400.